The van der Waals surface area contributed by atoms with E-state index < -0.39 is 47.0 Å². The highest BCUT2D eigenvalue weighted by Crippen LogP contribution is 2.50. The first-order valence-corrected chi connectivity index (χ1v) is 10.5. The van der Waals surface area contributed by atoms with Gasteiger partial charge in [-0.3, -0.25) is 24.6 Å². The quantitative estimate of drug-likeness (QED) is 0.570. The number of likely N-dealkylation sites (tertiary alicyclic amines) is 1. The number of carbonyl (C=O) groups excluding carboxylic acids is 3. The molecule has 7 heteroatoms. The highest BCUT2D eigenvalue weighted by molar-refractivity contribution is 6.09. The molecule has 0 spiro atoms. The fourth-order valence-corrected chi connectivity index (χ4v) is 4.97. The van der Waals surface area contributed by atoms with Gasteiger partial charge in [0.2, 0.25) is 11.8 Å². The van der Waals surface area contributed by atoms with Gasteiger partial charge in [0.1, 0.15) is 11.4 Å². The van der Waals surface area contributed by atoms with Crippen LogP contribution in [0.4, 0.5) is 4.39 Å². The number of esters is 1. The number of benzene rings is 2. The minimum Gasteiger partial charge on any atom is -0.465 e. The molecule has 2 saturated heterocycles. The molecule has 2 fully saturated rings. The van der Waals surface area contributed by atoms with Gasteiger partial charge >= 0.3 is 5.97 Å². The van der Waals surface area contributed by atoms with Crippen molar-refractivity contribution in [2.45, 2.75) is 31.8 Å². The van der Waals surface area contributed by atoms with Gasteiger partial charge in [-0.25, -0.2) is 4.39 Å². The van der Waals surface area contributed by atoms with Crippen LogP contribution in [0.25, 0.3) is 0 Å². The van der Waals surface area contributed by atoms with Crippen molar-refractivity contribution in [1.82, 2.24) is 10.2 Å². The topological polar surface area (TPSA) is 75.7 Å². The molecule has 6 nitrogen and oxygen atoms in total. The molecule has 2 aromatic rings. The van der Waals surface area contributed by atoms with Crippen molar-refractivity contribution in [2.24, 2.45) is 11.8 Å². The van der Waals surface area contributed by atoms with E-state index in [-0.39, 0.29) is 25.1 Å². The molecule has 4 rings (SSSR count). The Morgan fingerprint density at radius 1 is 1.06 bits per heavy atom. The summed E-state index contributed by atoms with van der Waals surface area (Å²) < 4.78 is 20.2. The minimum absolute atomic E-state index is 0.123. The van der Waals surface area contributed by atoms with E-state index in [1.54, 1.807) is 32.0 Å². The average Bonchev–Trinajstić information content (AvgIpc) is 3.23. The average molecular weight is 424 g/mol. The number of halogens is 1. The van der Waals surface area contributed by atoms with Gasteiger partial charge in [0.15, 0.2) is 0 Å². The normalized spacial score (nSPS) is 27.5. The van der Waals surface area contributed by atoms with Crippen LogP contribution < -0.4 is 5.32 Å². The largest absolute Gasteiger partial charge is 0.465 e. The molecule has 162 valence electrons. The monoisotopic (exact) mass is 424 g/mol. The Hall–Kier alpha value is -3.06. The molecule has 0 aromatic heterocycles. The van der Waals surface area contributed by atoms with Crippen molar-refractivity contribution in [2.75, 3.05) is 13.2 Å². The summed E-state index contributed by atoms with van der Waals surface area (Å²) >= 11 is 0. The molecule has 1 N–H and O–H groups in total. The summed E-state index contributed by atoms with van der Waals surface area (Å²) in [6.07, 6.45) is 0.148. The Balaban J connectivity index is 1.89. The van der Waals surface area contributed by atoms with Gasteiger partial charge in [-0.1, -0.05) is 48.5 Å². The molecule has 0 bridgehead atoms. The van der Waals surface area contributed by atoms with E-state index in [1.165, 1.54) is 11.0 Å². The van der Waals surface area contributed by atoms with E-state index in [9.17, 15) is 18.8 Å². The lowest BCUT2D eigenvalue weighted by Crippen LogP contribution is -2.58. The Morgan fingerprint density at radius 3 is 2.39 bits per heavy atom. The van der Waals surface area contributed by atoms with Crippen LogP contribution in [-0.2, 0) is 25.5 Å². The Morgan fingerprint density at radius 2 is 1.74 bits per heavy atom. The van der Waals surface area contributed by atoms with Gasteiger partial charge in [-0.2, -0.15) is 0 Å². The molecule has 0 unspecified atom stereocenters. The maximum atomic E-state index is 14.8. The summed E-state index contributed by atoms with van der Waals surface area (Å²) in [5.41, 5.74) is -0.409. The highest BCUT2D eigenvalue weighted by Gasteiger charge is 2.68. The van der Waals surface area contributed by atoms with Crippen LogP contribution in [0.15, 0.2) is 54.6 Å². The second kappa shape index (κ2) is 8.23. The van der Waals surface area contributed by atoms with Gasteiger partial charge < -0.3 is 4.74 Å². The third-order valence-electron chi connectivity index (χ3n) is 6.27. The number of hydrogen-bond donors (Lipinski definition) is 1. The van der Waals surface area contributed by atoms with E-state index in [1.807, 2.05) is 30.3 Å². The SMILES string of the molecule is CCOC(=O)[C@]1(Cc2ccccc2)N[C@H](c2ccccc2F)[C@H]2C(=O)N(CC)C(=O)[C@@H]21. The second-order valence-corrected chi connectivity index (χ2v) is 7.92. The van der Waals surface area contributed by atoms with Gasteiger partial charge in [-0.05, 0) is 25.5 Å². The maximum Gasteiger partial charge on any atom is 0.327 e. The lowest BCUT2D eigenvalue weighted by Gasteiger charge is -2.33. The Bertz CT molecular complexity index is 1010. The summed E-state index contributed by atoms with van der Waals surface area (Å²) in [5.74, 6) is -3.79. The smallest absolute Gasteiger partial charge is 0.327 e. The number of amides is 2. The first-order chi connectivity index (χ1) is 14.9. The molecule has 0 aliphatic carbocycles. The number of nitrogens with zero attached hydrogens (tertiary/aromatic N) is 1. The number of carbonyl (C=O) groups is 3. The minimum atomic E-state index is -1.48. The summed E-state index contributed by atoms with van der Waals surface area (Å²) in [6.45, 7) is 3.72. The van der Waals surface area contributed by atoms with Crippen LogP contribution in [0.2, 0.25) is 0 Å². The van der Waals surface area contributed by atoms with Gasteiger partial charge in [-0.15, -0.1) is 0 Å². The third kappa shape index (κ3) is 3.33. The van der Waals surface area contributed by atoms with Gasteiger partial charge in [0.05, 0.1) is 18.4 Å². The molecule has 2 heterocycles. The molecule has 2 aromatic carbocycles. The zero-order chi connectivity index (χ0) is 22.2. The van der Waals surface area contributed by atoms with Crippen molar-refractivity contribution in [3.63, 3.8) is 0 Å². The predicted octanol–water partition coefficient (Wildman–Crippen LogP) is 2.64. The standard InChI is InChI=1S/C24H25FN2O4/c1-3-27-21(28)18-19(22(27)29)24(23(30)31-4-2,14-15-10-6-5-7-11-15)26-20(18)16-12-8-9-13-17(16)25/h5-13,18-20,26H,3-4,14H2,1-2H3/t18-,19+,20+,24+/m0/s1. The molecular weight excluding hydrogens is 399 g/mol. The van der Waals surface area contributed by atoms with Crippen LogP contribution in [-0.4, -0.2) is 41.4 Å². The number of ether oxygens (including phenoxy) is 1. The van der Waals surface area contributed by atoms with Crippen molar-refractivity contribution in [3.8, 4) is 0 Å². The van der Waals surface area contributed by atoms with Crippen LogP contribution in [0.3, 0.4) is 0 Å². The second-order valence-electron chi connectivity index (χ2n) is 7.92. The van der Waals surface area contributed by atoms with Crippen molar-refractivity contribution in [3.05, 3.63) is 71.5 Å². The molecule has 0 saturated carbocycles. The number of rotatable bonds is 6. The molecule has 0 radical (unpaired) electrons. The number of fused-ring (bicyclic) bond motifs is 1. The number of hydrogen-bond acceptors (Lipinski definition) is 5. The predicted molar refractivity (Wildman–Crippen MR) is 111 cm³/mol. The molecule has 2 aliphatic heterocycles. The maximum absolute atomic E-state index is 14.8. The van der Waals surface area contributed by atoms with Crippen molar-refractivity contribution >= 4 is 17.8 Å². The first-order valence-electron chi connectivity index (χ1n) is 10.5. The fraction of sp³-hybridized carbons (Fsp3) is 0.375. The van der Waals surface area contributed by atoms with Gasteiger partial charge in [0.25, 0.3) is 0 Å². The lowest BCUT2D eigenvalue weighted by molar-refractivity contribution is -0.156. The number of imide groups is 1. The van der Waals surface area contributed by atoms with Crippen LogP contribution in [0.1, 0.15) is 31.0 Å². The zero-order valence-electron chi connectivity index (χ0n) is 17.5. The van der Waals surface area contributed by atoms with E-state index in [2.05, 4.69) is 5.32 Å². The van der Waals surface area contributed by atoms with Crippen molar-refractivity contribution < 1.29 is 23.5 Å². The van der Waals surface area contributed by atoms with E-state index in [0.29, 0.717) is 0 Å². The van der Waals surface area contributed by atoms with E-state index in [4.69, 9.17) is 4.74 Å². The molecular formula is C24H25FN2O4. The van der Waals surface area contributed by atoms with Gasteiger partial charge in [0, 0.05) is 24.6 Å². The lowest BCUT2D eigenvalue weighted by atomic mass is 9.76. The molecule has 2 amide bonds. The number of nitrogens with one attached hydrogen (secondary N) is 1. The van der Waals surface area contributed by atoms with E-state index in [0.717, 1.165) is 5.56 Å². The summed E-state index contributed by atoms with van der Waals surface area (Å²) in [4.78, 5) is 41.1. The van der Waals surface area contributed by atoms with E-state index >= 15 is 0 Å². The van der Waals surface area contributed by atoms with Crippen LogP contribution in [0.5, 0.6) is 0 Å². The molecule has 4 atom stereocenters. The summed E-state index contributed by atoms with van der Waals surface area (Å²) in [7, 11) is 0. The van der Waals surface area contributed by atoms with Crippen LogP contribution in [0, 0.1) is 17.7 Å². The Kier molecular flexibility index (Phi) is 5.62. The first kappa shape index (κ1) is 21.2. The zero-order valence-corrected chi connectivity index (χ0v) is 17.5. The third-order valence-corrected chi connectivity index (χ3v) is 6.27. The molecule has 2 aliphatic rings. The van der Waals surface area contributed by atoms with Crippen molar-refractivity contribution in [1.29, 1.82) is 0 Å². The van der Waals surface area contributed by atoms with Crippen LogP contribution >= 0.6 is 0 Å². The fourth-order valence-electron chi connectivity index (χ4n) is 4.97. The summed E-state index contributed by atoms with van der Waals surface area (Å²) in [6, 6.07) is 14.6. The summed E-state index contributed by atoms with van der Waals surface area (Å²) in [5, 5.41) is 3.22. The Labute approximate surface area is 180 Å². The highest BCUT2D eigenvalue weighted by atomic mass is 19.1. The molecule has 31 heavy (non-hydrogen) atoms.